The first-order chi connectivity index (χ1) is 9.98. The molecular formula is C15H25NO4S. The van der Waals surface area contributed by atoms with Crippen LogP contribution in [0.1, 0.15) is 39.0 Å². The molecule has 0 radical (unpaired) electrons. The van der Waals surface area contributed by atoms with Gasteiger partial charge in [0.25, 0.3) is 0 Å². The number of sulfone groups is 1. The number of carbonyl (C=O) groups is 1. The molecule has 1 saturated carbocycles. The first kappa shape index (κ1) is 15.3. The highest BCUT2D eigenvalue weighted by atomic mass is 32.2. The lowest BCUT2D eigenvalue weighted by atomic mass is 9.83. The minimum Gasteiger partial charge on any atom is -0.381 e. The van der Waals surface area contributed by atoms with Gasteiger partial charge in [-0.2, -0.15) is 0 Å². The molecule has 1 amide bonds. The van der Waals surface area contributed by atoms with Gasteiger partial charge in [0.15, 0.2) is 9.84 Å². The maximum absolute atomic E-state index is 12.4. The van der Waals surface area contributed by atoms with E-state index >= 15 is 0 Å². The van der Waals surface area contributed by atoms with E-state index in [4.69, 9.17) is 4.74 Å². The third-order valence-corrected chi connectivity index (χ3v) is 7.80. The third kappa shape index (κ3) is 2.72. The maximum atomic E-state index is 12.4. The molecule has 1 atom stereocenters. The van der Waals surface area contributed by atoms with E-state index in [0.29, 0.717) is 38.5 Å². The topological polar surface area (TPSA) is 63.7 Å². The van der Waals surface area contributed by atoms with Crippen molar-refractivity contribution in [3.63, 3.8) is 0 Å². The van der Waals surface area contributed by atoms with Crippen molar-refractivity contribution in [2.24, 2.45) is 11.8 Å². The monoisotopic (exact) mass is 315 g/mol. The van der Waals surface area contributed by atoms with Gasteiger partial charge in [0.05, 0.1) is 12.4 Å². The predicted octanol–water partition coefficient (Wildman–Crippen LogP) is 1.23. The maximum Gasteiger partial charge on any atom is 0.222 e. The van der Waals surface area contributed by atoms with Crippen LogP contribution in [-0.2, 0) is 19.4 Å². The third-order valence-electron chi connectivity index (χ3n) is 5.20. The molecule has 3 aliphatic rings. The average molecular weight is 315 g/mol. The van der Waals surface area contributed by atoms with Gasteiger partial charge in [0.2, 0.25) is 5.91 Å². The van der Waals surface area contributed by atoms with E-state index in [0.717, 1.165) is 13.0 Å². The van der Waals surface area contributed by atoms with E-state index in [9.17, 15) is 13.2 Å². The van der Waals surface area contributed by atoms with Crippen LogP contribution in [0.2, 0.25) is 0 Å². The molecule has 0 aromatic rings. The number of nitrogens with zero attached hydrogens (tertiary/aromatic N) is 1. The molecule has 3 rings (SSSR count). The van der Waals surface area contributed by atoms with E-state index in [1.165, 1.54) is 12.8 Å². The normalized spacial score (nSPS) is 29.6. The average Bonchev–Trinajstić information content (AvgIpc) is 3.13. The first-order valence-corrected chi connectivity index (χ1v) is 9.71. The predicted molar refractivity (Wildman–Crippen MR) is 79.7 cm³/mol. The number of likely N-dealkylation sites (tertiary alicyclic amines) is 1. The molecule has 0 N–H and O–H groups in total. The summed E-state index contributed by atoms with van der Waals surface area (Å²) in [5.41, 5.74) is 0. The zero-order valence-electron chi connectivity index (χ0n) is 12.7. The van der Waals surface area contributed by atoms with E-state index < -0.39 is 14.6 Å². The fourth-order valence-corrected chi connectivity index (χ4v) is 5.92. The Labute approximate surface area is 126 Å². The molecule has 5 nitrogen and oxygen atoms in total. The standard InChI is InChI=1S/C15H25NO4S/c1-2-3-14(17)16-10-15(11-16)13(6-7-21(15,18)19)9-20-8-12-4-5-12/h12-13H,2-11H2,1H3/t13-/m1/s1. The Hall–Kier alpha value is -0.620. The molecule has 2 aliphatic heterocycles. The molecule has 2 heterocycles. The van der Waals surface area contributed by atoms with E-state index in [1.54, 1.807) is 4.90 Å². The van der Waals surface area contributed by atoms with Crippen molar-refractivity contribution in [3.8, 4) is 0 Å². The zero-order chi connectivity index (χ0) is 15.1. The van der Waals surface area contributed by atoms with E-state index in [-0.39, 0.29) is 17.6 Å². The number of hydrogen-bond acceptors (Lipinski definition) is 4. The minimum atomic E-state index is -3.09. The Balaban J connectivity index is 1.61. The molecule has 120 valence electrons. The van der Waals surface area contributed by atoms with Gasteiger partial charge in [0, 0.05) is 32.0 Å². The molecule has 0 unspecified atom stereocenters. The van der Waals surface area contributed by atoms with Gasteiger partial charge >= 0.3 is 0 Å². The van der Waals surface area contributed by atoms with Crippen molar-refractivity contribution in [1.82, 2.24) is 4.90 Å². The summed E-state index contributed by atoms with van der Waals surface area (Å²) in [6.45, 7) is 4.03. The molecular weight excluding hydrogens is 290 g/mol. The second-order valence-corrected chi connectivity index (χ2v) is 9.30. The van der Waals surface area contributed by atoms with Gasteiger partial charge in [-0.25, -0.2) is 8.42 Å². The SMILES string of the molecule is CCCC(=O)N1CC2(C1)[C@@H](COCC1CC1)CCS2(=O)=O. The van der Waals surface area contributed by atoms with Crippen molar-refractivity contribution >= 4 is 15.7 Å². The highest BCUT2D eigenvalue weighted by molar-refractivity contribution is 7.93. The molecule has 0 aromatic carbocycles. The van der Waals surface area contributed by atoms with Crippen molar-refractivity contribution < 1.29 is 17.9 Å². The van der Waals surface area contributed by atoms with E-state index in [1.807, 2.05) is 6.92 Å². The summed E-state index contributed by atoms with van der Waals surface area (Å²) >= 11 is 0. The van der Waals surface area contributed by atoms with Crippen molar-refractivity contribution in [1.29, 1.82) is 0 Å². The van der Waals surface area contributed by atoms with Gasteiger partial charge < -0.3 is 9.64 Å². The molecule has 0 bridgehead atoms. The largest absolute Gasteiger partial charge is 0.381 e. The molecule has 3 fully saturated rings. The lowest BCUT2D eigenvalue weighted by Gasteiger charge is -2.50. The molecule has 6 heteroatoms. The molecule has 1 aliphatic carbocycles. The summed E-state index contributed by atoms with van der Waals surface area (Å²) in [7, 11) is -3.09. The lowest BCUT2D eigenvalue weighted by Crippen LogP contribution is -2.68. The van der Waals surface area contributed by atoms with Crippen LogP contribution < -0.4 is 0 Å². The van der Waals surface area contributed by atoms with Crippen LogP contribution in [0.5, 0.6) is 0 Å². The molecule has 1 spiro atoms. The second-order valence-electron chi connectivity index (χ2n) is 6.85. The Morgan fingerprint density at radius 3 is 2.57 bits per heavy atom. The zero-order valence-corrected chi connectivity index (χ0v) is 13.5. The van der Waals surface area contributed by atoms with Crippen LogP contribution in [0, 0.1) is 11.8 Å². The van der Waals surface area contributed by atoms with Crippen molar-refractivity contribution in [3.05, 3.63) is 0 Å². The molecule has 2 saturated heterocycles. The molecule has 0 aromatic heterocycles. The Kier molecular flexibility index (Phi) is 4.03. The number of rotatable bonds is 6. The summed E-state index contributed by atoms with van der Waals surface area (Å²) in [6, 6.07) is 0. The summed E-state index contributed by atoms with van der Waals surface area (Å²) in [5, 5.41) is 0. The minimum absolute atomic E-state index is 0.0620. The number of carbonyl (C=O) groups excluding carboxylic acids is 1. The van der Waals surface area contributed by atoms with Crippen LogP contribution >= 0.6 is 0 Å². The quantitative estimate of drug-likeness (QED) is 0.739. The van der Waals surface area contributed by atoms with E-state index in [2.05, 4.69) is 0 Å². The van der Waals surface area contributed by atoms with Crippen LogP contribution in [0.25, 0.3) is 0 Å². The van der Waals surface area contributed by atoms with Gasteiger partial charge in [-0.05, 0) is 31.6 Å². The van der Waals surface area contributed by atoms with Crippen molar-refractivity contribution in [2.45, 2.75) is 43.8 Å². The Morgan fingerprint density at radius 2 is 1.95 bits per heavy atom. The number of amides is 1. The van der Waals surface area contributed by atoms with Crippen LogP contribution in [0.3, 0.4) is 0 Å². The van der Waals surface area contributed by atoms with Gasteiger partial charge in [-0.15, -0.1) is 0 Å². The van der Waals surface area contributed by atoms with Gasteiger partial charge in [0.1, 0.15) is 4.75 Å². The fourth-order valence-electron chi connectivity index (χ4n) is 3.52. The van der Waals surface area contributed by atoms with Crippen LogP contribution in [-0.4, -0.2) is 56.0 Å². The van der Waals surface area contributed by atoms with Gasteiger partial charge in [-0.1, -0.05) is 6.92 Å². The second kappa shape index (κ2) is 5.54. The highest BCUT2D eigenvalue weighted by Crippen LogP contribution is 2.45. The fraction of sp³-hybridized carbons (Fsp3) is 0.933. The number of hydrogen-bond donors (Lipinski definition) is 0. The first-order valence-electron chi connectivity index (χ1n) is 8.06. The van der Waals surface area contributed by atoms with Gasteiger partial charge in [-0.3, -0.25) is 4.79 Å². The molecule has 21 heavy (non-hydrogen) atoms. The summed E-state index contributed by atoms with van der Waals surface area (Å²) in [6.07, 6.45) is 4.49. The van der Waals surface area contributed by atoms with Crippen LogP contribution in [0.15, 0.2) is 0 Å². The smallest absolute Gasteiger partial charge is 0.222 e. The Bertz CT molecular complexity index is 506. The summed E-state index contributed by atoms with van der Waals surface area (Å²) < 4.78 is 29.9. The van der Waals surface area contributed by atoms with Crippen LogP contribution in [0.4, 0.5) is 0 Å². The number of ether oxygens (including phenoxy) is 1. The summed E-state index contributed by atoms with van der Waals surface area (Å²) in [4.78, 5) is 13.6. The summed E-state index contributed by atoms with van der Waals surface area (Å²) in [5.74, 6) is 1.10. The Morgan fingerprint density at radius 1 is 1.24 bits per heavy atom. The highest BCUT2D eigenvalue weighted by Gasteiger charge is 2.62. The van der Waals surface area contributed by atoms with Crippen molar-refractivity contribution in [2.75, 3.05) is 32.1 Å². The lowest BCUT2D eigenvalue weighted by molar-refractivity contribution is -0.138.